The molecule has 1 aromatic rings. The molecular formula is C17H28N2O3. The molecule has 0 saturated carbocycles. The molecule has 2 N–H and O–H groups in total. The van der Waals surface area contributed by atoms with Crippen LogP contribution in [0.3, 0.4) is 0 Å². The number of aliphatic hydroxyl groups excluding tert-OH is 1. The smallest absolute Gasteiger partial charge is 0.237 e. The second-order valence-corrected chi connectivity index (χ2v) is 6.58. The van der Waals surface area contributed by atoms with Gasteiger partial charge in [-0.05, 0) is 52.7 Å². The minimum atomic E-state index is -0.690. The van der Waals surface area contributed by atoms with E-state index in [4.69, 9.17) is 4.42 Å². The summed E-state index contributed by atoms with van der Waals surface area (Å²) in [6.45, 7) is 8.23. The van der Waals surface area contributed by atoms with Gasteiger partial charge in [0.15, 0.2) is 0 Å². The van der Waals surface area contributed by atoms with Gasteiger partial charge in [-0.3, -0.25) is 9.69 Å². The van der Waals surface area contributed by atoms with Crippen molar-refractivity contribution < 1.29 is 14.3 Å². The van der Waals surface area contributed by atoms with Gasteiger partial charge < -0.3 is 14.8 Å². The summed E-state index contributed by atoms with van der Waals surface area (Å²) in [7, 11) is 0. The maximum Gasteiger partial charge on any atom is 0.237 e. The van der Waals surface area contributed by atoms with E-state index in [-0.39, 0.29) is 18.0 Å². The summed E-state index contributed by atoms with van der Waals surface area (Å²) in [5, 5.41) is 13.1. The van der Waals surface area contributed by atoms with E-state index in [0.29, 0.717) is 24.3 Å². The van der Waals surface area contributed by atoms with Crippen LogP contribution in [0, 0.1) is 0 Å². The van der Waals surface area contributed by atoms with Crippen LogP contribution in [0.2, 0.25) is 0 Å². The van der Waals surface area contributed by atoms with E-state index < -0.39 is 6.10 Å². The van der Waals surface area contributed by atoms with Gasteiger partial charge in [-0.2, -0.15) is 0 Å². The Morgan fingerprint density at radius 1 is 1.41 bits per heavy atom. The molecule has 1 aromatic heterocycles. The molecule has 5 atom stereocenters. The lowest BCUT2D eigenvalue weighted by Crippen LogP contribution is -2.51. The molecule has 0 aromatic carbocycles. The normalized spacial score (nSPS) is 26.6. The van der Waals surface area contributed by atoms with Crippen molar-refractivity contribution >= 4 is 5.91 Å². The van der Waals surface area contributed by atoms with Gasteiger partial charge in [-0.15, -0.1) is 0 Å². The lowest BCUT2D eigenvalue weighted by molar-refractivity contribution is -0.127. The van der Waals surface area contributed by atoms with Gasteiger partial charge in [0, 0.05) is 24.5 Å². The van der Waals surface area contributed by atoms with Crippen LogP contribution in [-0.2, 0) is 4.79 Å². The number of rotatable bonds is 6. The van der Waals surface area contributed by atoms with Crippen LogP contribution in [0.25, 0.3) is 0 Å². The van der Waals surface area contributed by atoms with Crippen molar-refractivity contribution in [3.05, 3.63) is 24.2 Å². The Morgan fingerprint density at radius 2 is 2.05 bits per heavy atom. The predicted octanol–water partition coefficient (Wildman–Crippen LogP) is 2.47. The maximum absolute atomic E-state index is 12.4. The lowest BCUT2D eigenvalue weighted by atomic mass is 10.1. The average Bonchev–Trinajstić information content (AvgIpc) is 3.08. The van der Waals surface area contributed by atoms with Crippen molar-refractivity contribution in [1.82, 2.24) is 10.2 Å². The minimum Gasteiger partial charge on any atom is -0.467 e. The third-order valence-electron chi connectivity index (χ3n) is 4.68. The van der Waals surface area contributed by atoms with E-state index >= 15 is 0 Å². The van der Waals surface area contributed by atoms with E-state index in [0.717, 1.165) is 12.8 Å². The third kappa shape index (κ3) is 3.90. The Morgan fingerprint density at radius 3 is 2.59 bits per heavy atom. The molecule has 0 bridgehead atoms. The molecule has 1 aliphatic rings. The molecule has 1 saturated heterocycles. The van der Waals surface area contributed by atoms with Crippen LogP contribution in [0.1, 0.15) is 58.8 Å². The molecule has 1 fully saturated rings. The van der Waals surface area contributed by atoms with Crippen LogP contribution >= 0.6 is 0 Å². The third-order valence-corrected chi connectivity index (χ3v) is 4.68. The van der Waals surface area contributed by atoms with E-state index in [1.54, 1.807) is 18.4 Å². The Balaban J connectivity index is 1.85. The number of carbonyl (C=O) groups is 1. The molecule has 2 heterocycles. The Kier molecular flexibility index (Phi) is 5.64. The zero-order valence-electron chi connectivity index (χ0n) is 14.0. The number of likely N-dealkylation sites (tertiary alicyclic amines) is 1. The Bertz CT molecular complexity index is 464. The summed E-state index contributed by atoms with van der Waals surface area (Å²) in [5.41, 5.74) is 0. The first kappa shape index (κ1) is 17.0. The van der Waals surface area contributed by atoms with Gasteiger partial charge in [0.05, 0.1) is 12.3 Å². The molecule has 0 radical (unpaired) electrons. The predicted molar refractivity (Wildman–Crippen MR) is 85.3 cm³/mol. The summed E-state index contributed by atoms with van der Waals surface area (Å²) in [6, 6.07) is 4.13. The number of hydrogen-bond donors (Lipinski definition) is 2. The van der Waals surface area contributed by atoms with Crippen molar-refractivity contribution in [2.75, 3.05) is 0 Å². The largest absolute Gasteiger partial charge is 0.467 e. The average molecular weight is 308 g/mol. The summed E-state index contributed by atoms with van der Waals surface area (Å²) in [5.74, 6) is 0.565. The van der Waals surface area contributed by atoms with Crippen molar-refractivity contribution in [3.8, 4) is 0 Å². The molecule has 0 aliphatic carbocycles. The number of nitrogens with one attached hydrogen (secondary N) is 1. The van der Waals surface area contributed by atoms with Gasteiger partial charge in [0.25, 0.3) is 0 Å². The second-order valence-electron chi connectivity index (χ2n) is 6.58. The first-order valence-corrected chi connectivity index (χ1v) is 8.19. The van der Waals surface area contributed by atoms with E-state index in [1.807, 2.05) is 13.8 Å². The van der Waals surface area contributed by atoms with Gasteiger partial charge >= 0.3 is 0 Å². The molecule has 5 heteroatoms. The fourth-order valence-corrected chi connectivity index (χ4v) is 3.47. The molecule has 22 heavy (non-hydrogen) atoms. The number of aliphatic hydroxyl groups is 1. The molecule has 0 unspecified atom stereocenters. The summed E-state index contributed by atoms with van der Waals surface area (Å²) < 4.78 is 5.19. The van der Waals surface area contributed by atoms with Gasteiger partial charge in [-0.1, -0.05) is 0 Å². The topological polar surface area (TPSA) is 65.7 Å². The van der Waals surface area contributed by atoms with Crippen molar-refractivity contribution in [2.24, 2.45) is 0 Å². The molecule has 2 rings (SSSR count). The van der Waals surface area contributed by atoms with Crippen LogP contribution in [0.5, 0.6) is 0 Å². The van der Waals surface area contributed by atoms with E-state index in [1.165, 1.54) is 0 Å². The second kappa shape index (κ2) is 7.29. The van der Waals surface area contributed by atoms with Crippen LogP contribution in [-0.4, -0.2) is 40.1 Å². The van der Waals surface area contributed by atoms with Crippen LogP contribution in [0.15, 0.2) is 22.8 Å². The van der Waals surface area contributed by atoms with Gasteiger partial charge in [0.1, 0.15) is 11.9 Å². The molecular weight excluding hydrogens is 280 g/mol. The number of nitrogens with zero attached hydrogens (tertiary/aromatic N) is 1. The fraction of sp³-hybridized carbons (Fsp3) is 0.706. The SMILES string of the molecule is C[C@H](C[C@H](O)c1ccco1)NC(=O)[C@@H](C)N1[C@H](C)CC[C@@H]1C. The van der Waals surface area contributed by atoms with Gasteiger partial charge in [-0.25, -0.2) is 0 Å². The van der Waals surface area contributed by atoms with Crippen LogP contribution < -0.4 is 5.32 Å². The molecule has 1 amide bonds. The molecule has 0 spiro atoms. The maximum atomic E-state index is 12.4. The van der Waals surface area contributed by atoms with Crippen molar-refractivity contribution in [3.63, 3.8) is 0 Å². The summed E-state index contributed by atoms with van der Waals surface area (Å²) >= 11 is 0. The fourth-order valence-electron chi connectivity index (χ4n) is 3.47. The monoisotopic (exact) mass is 308 g/mol. The highest BCUT2D eigenvalue weighted by Crippen LogP contribution is 2.26. The Hall–Kier alpha value is -1.33. The number of carbonyl (C=O) groups excluding carboxylic acids is 1. The van der Waals surface area contributed by atoms with Crippen molar-refractivity contribution in [2.45, 2.75) is 77.2 Å². The van der Waals surface area contributed by atoms with Crippen molar-refractivity contribution in [1.29, 1.82) is 0 Å². The highest BCUT2D eigenvalue weighted by molar-refractivity contribution is 5.81. The van der Waals surface area contributed by atoms with E-state index in [9.17, 15) is 9.90 Å². The molecule has 5 nitrogen and oxygen atoms in total. The summed E-state index contributed by atoms with van der Waals surface area (Å²) in [4.78, 5) is 14.7. The standard InChI is InChI=1S/C17H28N2O3/c1-11(10-15(20)16-6-5-9-22-16)18-17(21)14(4)19-12(2)7-8-13(19)3/h5-6,9,11-15,20H,7-8,10H2,1-4H3,(H,18,21)/t11-,12-,13+,14-,15+/m1/s1. The van der Waals surface area contributed by atoms with E-state index in [2.05, 4.69) is 24.1 Å². The molecule has 124 valence electrons. The highest BCUT2D eigenvalue weighted by atomic mass is 16.4. The number of hydrogen-bond acceptors (Lipinski definition) is 4. The number of furan rings is 1. The minimum absolute atomic E-state index is 0.0275. The summed E-state index contributed by atoms with van der Waals surface area (Å²) in [6.07, 6.45) is 3.58. The van der Waals surface area contributed by atoms with Gasteiger partial charge in [0.2, 0.25) is 5.91 Å². The quantitative estimate of drug-likeness (QED) is 0.847. The Labute approximate surface area is 132 Å². The lowest BCUT2D eigenvalue weighted by Gasteiger charge is -2.32. The zero-order chi connectivity index (χ0) is 16.3. The first-order valence-electron chi connectivity index (χ1n) is 8.19. The van der Waals surface area contributed by atoms with Crippen LogP contribution in [0.4, 0.5) is 0 Å². The molecule has 1 aliphatic heterocycles. The first-order chi connectivity index (χ1) is 10.4. The highest BCUT2D eigenvalue weighted by Gasteiger charge is 2.34. The number of amides is 1. The zero-order valence-corrected chi connectivity index (χ0v) is 14.0.